The van der Waals surface area contributed by atoms with Gasteiger partial charge in [-0.3, -0.25) is 9.48 Å². The summed E-state index contributed by atoms with van der Waals surface area (Å²) in [6, 6.07) is 10.2. The van der Waals surface area contributed by atoms with Gasteiger partial charge in [-0.2, -0.15) is 5.10 Å². The largest absolute Gasteiger partial charge is 0.497 e. The second kappa shape index (κ2) is 8.39. The van der Waals surface area contributed by atoms with E-state index in [1.165, 1.54) is 24.1 Å². The zero-order valence-corrected chi connectivity index (χ0v) is 17.1. The molecule has 4 rings (SSSR count). The molecule has 9 nitrogen and oxygen atoms in total. The van der Waals surface area contributed by atoms with E-state index in [9.17, 15) is 14.0 Å². The molecule has 1 aliphatic rings. The molecule has 0 atom stereocenters. The minimum absolute atomic E-state index is 0.101. The molecule has 2 heterocycles. The number of anilines is 1. The Bertz CT molecular complexity index is 1250. The van der Waals surface area contributed by atoms with E-state index in [-0.39, 0.29) is 29.6 Å². The zero-order valence-electron chi connectivity index (χ0n) is 17.1. The molecule has 3 aromatic rings. The molecular weight excluding hydrogens is 415 g/mol. The molecule has 0 spiro atoms. The van der Waals surface area contributed by atoms with Crippen LogP contribution in [0.1, 0.15) is 16.1 Å². The van der Waals surface area contributed by atoms with E-state index in [1.807, 2.05) is 0 Å². The molecule has 0 radical (unpaired) electrons. The van der Waals surface area contributed by atoms with Crippen LogP contribution in [0.25, 0.3) is 16.1 Å². The van der Waals surface area contributed by atoms with Crippen LogP contribution in [0.3, 0.4) is 0 Å². The number of nitrogens with two attached hydrogens (primary N) is 1. The van der Waals surface area contributed by atoms with Gasteiger partial charge >= 0.3 is 6.03 Å². The van der Waals surface area contributed by atoms with Crippen molar-refractivity contribution in [2.75, 3.05) is 19.0 Å². The molecule has 10 heteroatoms. The van der Waals surface area contributed by atoms with Crippen LogP contribution < -0.4 is 15.8 Å². The number of primary amides is 1. The number of ether oxygens (including phenoxy) is 1. The van der Waals surface area contributed by atoms with Crippen molar-refractivity contribution in [2.24, 2.45) is 5.73 Å². The van der Waals surface area contributed by atoms with Gasteiger partial charge in [-0.05, 0) is 24.3 Å². The maximum atomic E-state index is 14.0. The summed E-state index contributed by atoms with van der Waals surface area (Å²) in [6.45, 7) is 7.79. The first-order chi connectivity index (χ1) is 15.4. The van der Waals surface area contributed by atoms with E-state index in [1.54, 1.807) is 35.0 Å². The maximum Gasteiger partial charge on any atom is 0.322 e. The molecule has 3 amide bonds. The molecule has 0 aliphatic carbocycles. The lowest BCUT2D eigenvalue weighted by molar-refractivity contribution is 0.0997. The highest BCUT2D eigenvalue weighted by atomic mass is 19.1. The first kappa shape index (κ1) is 20.9. The van der Waals surface area contributed by atoms with Crippen molar-refractivity contribution >= 4 is 23.3 Å². The van der Waals surface area contributed by atoms with Gasteiger partial charge in [0.05, 0.1) is 38.0 Å². The molecule has 0 bridgehead atoms. The van der Waals surface area contributed by atoms with E-state index in [2.05, 4.69) is 15.3 Å². The van der Waals surface area contributed by atoms with E-state index in [0.717, 1.165) is 0 Å². The fourth-order valence-corrected chi connectivity index (χ4v) is 3.59. The SMILES string of the molecule is [C-]#[N+]c1ccc(NC(=O)N2CCn3nc(-c4cc(F)cc(OC)c4)c(C(N)=O)c3C2)cc1. The van der Waals surface area contributed by atoms with Crippen molar-refractivity contribution in [1.29, 1.82) is 0 Å². The van der Waals surface area contributed by atoms with Gasteiger partial charge in [0.15, 0.2) is 5.69 Å². The van der Waals surface area contributed by atoms with E-state index < -0.39 is 11.7 Å². The van der Waals surface area contributed by atoms with Gasteiger partial charge < -0.3 is 20.7 Å². The van der Waals surface area contributed by atoms with Crippen molar-refractivity contribution in [3.63, 3.8) is 0 Å². The fraction of sp³-hybridized carbons (Fsp3) is 0.182. The lowest BCUT2D eigenvalue weighted by Crippen LogP contribution is -2.41. The second-order valence-electron chi connectivity index (χ2n) is 7.15. The average Bonchev–Trinajstić information content (AvgIpc) is 3.18. The predicted octanol–water partition coefficient (Wildman–Crippen LogP) is 3.40. The number of methoxy groups -OCH3 is 1. The van der Waals surface area contributed by atoms with E-state index >= 15 is 0 Å². The molecule has 1 aliphatic heterocycles. The van der Waals surface area contributed by atoms with Gasteiger partial charge in [-0.25, -0.2) is 14.0 Å². The third-order valence-corrected chi connectivity index (χ3v) is 5.14. The minimum atomic E-state index is -0.721. The first-order valence-corrected chi connectivity index (χ1v) is 9.67. The molecule has 3 N–H and O–H groups in total. The van der Waals surface area contributed by atoms with Gasteiger partial charge in [0, 0.05) is 23.9 Å². The Hall–Kier alpha value is -4.39. The number of urea groups is 1. The van der Waals surface area contributed by atoms with Crippen LogP contribution >= 0.6 is 0 Å². The predicted molar refractivity (Wildman–Crippen MR) is 115 cm³/mol. The van der Waals surface area contributed by atoms with Crippen molar-refractivity contribution in [2.45, 2.75) is 13.1 Å². The maximum absolute atomic E-state index is 14.0. The van der Waals surface area contributed by atoms with E-state index in [0.29, 0.717) is 35.7 Å². The number of nitrogens with one attached hydrogen (secondary N) is 1. The Morgan fingerprint density at radius 1 is 1.22 bits per heavy atom. The number of rotatable bonds is 4. The van der Waals surface area contributed by atoms with Gasteiger partial charge in [0.1, 0.15) is 17.3 Å². The summed E-state index contributed by atoms with van der Waals surface area (Å²) in [4.78, 5) is 29.9. The Morgan fingerprint density at radius 2 is 1.97 bits per heavy atom. The number of hydrogen-bond donors (Lipinski definition) is 2. The van der Waals surface area contributed by atoms with E-state index in [4.69, 9.17) is 17.0 Å². The normalized spacial score (nSPS) is 12.6. The van der Waals surface area contributed by atoms with Crippen molar-refractivity contribution < 1.29 is 18.7 Å². The summed E-state index contributed by atoms with van der Waals surface area (Å²) < 4.78 is 20.8. The summed E-state index contributed by atoms with van der Waals surface area (Å²) in [6.07, 6.45) is 0. The number of carbonyl (C=O) groups is 2. The molecule has 1 aromatic heterocycles. The highest BCUT2D eigenvalue weighted by Crippen LogP contribution is 2.31. The van der Waals surface area contributed by atoms with Crippen molar-refractivity contribution in [3.8, 4) is 17.0 Å². The molecular formula is C22H19FN6O3. The number of benzene rings is 2. The third-order valence-electron chi connectivity index (χ3n) is 5.14. The standard InChI is InChI=1S/C22H19FN6O3/c1-25-15-3-5-16(6-4-15)26-22(31)28-7-8-29-18(12-28)19(21(24)30)20(27-29)13-9-14(23)11-17(10-13)32-2/h3-6,9-11H,7-8,12H2,2H3,(H2,24,30)(H,26,31). The van der Waals surface area contributed by atoms with Crippen LogP contribution in [0.15, 0.2) is 42.5 Å². The molecule has 162 valence electrons. The van der Waals surface area contributed by atoms with Gasteiger partial charge in [0.25, 0.3) is 5.91 Å². The number of halogens is 1. The number of fused-ring (bicyclic) bond motifs is 1. The number of hydrogen-bond acceptors (Lipinski definition) is 4. The fourth-order valence-electron chi connectivity index (χ4n) is 3.59. The molecule has 0 fully saturated rings. The second-order valence-corrected chi connectivity index (χ2v) is 7.15. The lowest BCUT2D eigenvalue weighted by Gasteiger charge is -2.28. The molecule has 2 aromatic carbocycles. The topological polar surface area (TPSA) is 107 Å². The third kappa shape index (κ3) is 3.96. The van der Waals surface area contributed by atoms with Crippen LogP contribution in [0.5, 0.6) is 5.75 Å². The summed E-state index contributed by atoms with van der Waals surface area (Å²) in [5.41, 5.74) is 7.86. The van der Waals surface area contributed by atoms with Crippen molar-refractivity contribution in [1.82, 2.24) is 14.7 Å². The molecule has 0 unspecified atom stereocenters. The molecule has 0 saturated carbocycles. The smallest absolute Gasteiger partial charge is 0.322 e. The Morgan fingerprint density at radius 3 is 2.62 bits per heavy atom. The summed E-state index contributed by atoms with van der Waals surface area (Å²) in [5, 5.41) is 7.24. The van der Waals surface area contributed by atoms with Crippen LogP contribution in [0, 0.1) is 12.4 Å². The van der Waals surface area contributed by atoms with Crippen LogP contribution in [-0.2, 0) is 13.1 Å². The average molecular weight is 434 g/mol. The van der Waals surface area contributed by atoms with Gasteiger partial charge in [0.2, 0.25) is 0 Å². The number of nitrogens with zero attached hydrogens (tertiary/aromatic N) is 4. The molecule has 0 saturated heterocycles. The van der Waals surface area contributed by atoms with Crippen LogP contribution in [0.4, 0.5) is 20.6 Å². The number of amides is 3. The molecule has 32 heavy (non-hydrogen) atoms. The van der Waals surface area contributed by atoms with Crippen LogP contribution in [0.2, 0.25) is 0 Å². The lowest BCUT2D eigenvalue weighted by atomic mass is 10.0. The Kier molecular flexibility index (Phi) is 5.47. The zero-order chi connectivity index (χ0) is 22.8. The van der Waals surface area contributed by atoms with Crippen molar-refractivity contribution in [3.05, 3.63) is 71.0 Å². The number of carbonyl (C=O) groups excluding carboxylic acids is 2. The highest BCUT2D eigenvalue weighted by molar-refractivity contribution is 6.00. The summed E-state index contributed by atoms with van der Waals surface area (Å²) >= 11 is 0. The summed E-state index contributed by atoms with van der Waals surface area (Å²) in [5.74, 6) is -0.973. The number of aromatic nitrogens is 2. The van der Waals surface area contributed by atoms with Gasteiger partial charge in [-0.15, -0.1) is 0 Å². The first-order valence-electron chi connectivity index (χ1n) is 9.67. The highest BCUT2D eigenvalue weighted by Gasteiger charge is 2.30. The monoisotopic (exact) mass is 434 g/mol. The summed E-state index contributed by atoms with van der Waals surface area (Å²) in [7, 11) is 1.41. The van der Waals surface area contributed by atoms with Crippen LogP contribution in [-0.4, -0.2) is 40.3 Å². The minimum Gasteiger partial charge on any atom is -0.497 e. The van der Waals surface area contributed by atoms with Gasteiger partial charge in [-0.1, -0.05) is 12.1 Å². The quantitative estimate of drug-likeness (QED) is 0.614. The Balaban J connectivity index is 1.63. The Labute approximate surface area is 183 Å².